The SMILES string of the molecule is CC.CC(=O)c1cccc(C)c1-c1ccc(C(F)(F)F)cc1.COC1CCN(C2Cc3ccc(C)cc3C2)CC1. The number of hydrogen-bond acceptors (Lipinski definition) is 3. The van der Waals surface area contributed by atoms with E-state index in [-0.39, 0.29) is 5.78 Å². The van der Waals surface area contributed by atoms with Gasteiger partial charge in [0, 0.05) is 31.8 Å². The minimum absolute atomic E-state index is 0.108. The number of Topliss-reactive ketones (excluding diaryl/α,β-unsaturated/α-hetero) is 1. The number of methoxy groups -OCH3 is 1. The topological polar surface area (TPSA) is 29.5 Å². The molecule has 3 aromatic carbocycles. The van der Waals surface area contributed by atoms with Gasteiger partial charge in [-0.25, -0.2) is 0 Å². The first-order valence-electron chi connectivity index (χ1n) is 14.2. The Morgan fingerprint density at radius 3 is 2.10 bits per heavy atom. The zero-order valence-electron chi connectivity index (χ0n) is 24.6. The average Bonchev–Trinajstić information content (AvgIpc) is 3.37. The summed E-state index contributed by atoms with van der Waals surface area (Å²) in [4.78, 5) is 14.3. The molecule has 6 heteroatoms. The number of ether oxygens (including phenoxy) is 1. The van der Waals surface area contributed by atoms with E-state index in [1.165, 1.54) is 63.4 Å². The predicted molar refractivity (Wildman–Crippen MR) is 157 cm³/mol. The maximum Gasteiger partial charge on any atom is 0.416 e. The van der Waals surface area contributed by atoms with Crippen molar-refractivity contribution in [1.29, 1.82) is 0 Å². The Kier molecular flexibility index (Phi) is 11.1. The van der Waals surface area contributed by atoms with Gasteiger partial charge in [-0.05, 0) is 86.4 Å². The van der Waals surface area contributed by atoms with E-state index >= 15 is 0 Å². The lowest BCUT2D eigenvalue weighted by Crippen LogP contribution is -2.43. The fourth-order valence-electron chi connectivity index (χ4n) is 5.63. The van der Waals surface area contributed by atoms with Gasteiger partial charge in [-0.15, -0.1) is 0 Å². The van der Waals surface area contributed by atoms with Gasteiger partial charge in [0.25, 0.3) is 0 Å². The Labute approximate surface area is 237 Å². The molecule has 1 aliphatic carbocycles. The molecular weight excluding hydrogens is 511 g/mol. The van der Waals surface area contributed by atoms with Crippen molar-refractivity contribution in [3.63, 3.8) is 0 Å². The van der Waals surface area contributed by atoms with Crippen LogP contribution in [0.1, 0.15) is 71.8 Å². The first-order valence-corrected chi connectivity index (χ1v) is 14.2. The highest BCUT2D eigenvalue weighted by Gasteiger charge is 2.31. The number of fused-ring (bicyclic) bond motifs is 1. The van der Waals surface area contributed by atoms with Crippen molar-refractivity contribution in [2.24, 2.45) is 0 Å². The summed E-state index contributed by atoms with van der Waals surface area (Å²) in [7, 11) is 1.84. The fraction of sp³-hybridized carbons (Fsp3) is 0.441. The van der Waals surface area contributed by atoms with Crippen LogP contribution in [0.2, 0.25) is 0 Å². The van der Waals surface area contributed by atoms with Crippen LogP contribution in [-0.2, 0) is 23.8 Å². The Balaban J connectivity index is 0.000000208. The van der Waals surface area contributed by atoms with Gasteiger partial charge < -0.3 is 4.74 Å². The van der Waals surface area contributed by atoms with Crippen molar-refractivity contribution < 1.29 is 22.7 Å². The van der Waals surface area contributed by atoms with Crippen LogP contribution >= 0.6 is 0 Å². The maximum absolute atomic E-state index is 12.6. The Morgan fingerprint density at radius 1 is 0.900 bits per heavy atom. The molecule has 216 valence electrons. The van der Waals surface area contributed by atoms with E-state index < -0.39 is 11.7 Å². The zero-order chi connectivity index (χ0) is 29.4. The van der Waals surface area contributed by atoms with Gasteiger partial charge in [0.2, 0.25) is 0 Å². The monoisotopic (exact) mass is 553 g/mol. The molecule has 0 aromatic heterocycles. The molecule has 2 aliphatic rings. The molecule has 1 unspecified atom stereocenters. The predicted octanol–water partition coefficient (Wildman–Crippen LogP) is 8.48. The van der Waals surface area contributed by atoms with Crippen LogP contribution in [0, 0.1) is 13.8 Å². The summed E-state index contributed by atoms with van der Waals surface area (Å²) in [6, 6.07) is 17.8. The molecule has 1 fully saturated rings. The van der Waals surface area contributed by atoms with Crippen LogP contribution in [0.4, 0.5) is 13.2 Å². The second-order valence-corrected chi connectivity index (χ2v) is 10.4. The molecule has 0 spiro atoms. The lowest BCUT2D eigenvalue weighted by molar-refractivity contribution is -0.137. The first-order chi connectivity index (χ1) is 19.1. The number of rotatable bonds is 4. The van der Waals surface area contributed by atoms with Crippen LogP contribution in [0.5, 0.6) is 0 Å². The summed E-state index contributed by atoms with van der Waals surface area (Å²) in [5, 5.41) is 0. The number of benzene rings is 3. The van der Waals surface area contributed by atoms with Gasteiger partial charge in [-0.1, -0.05) is 67.9 Å². The molecule has 0 amide bonds. The number of carbonyl (C=O) groups is 1. The molecule has 1 heterocycles. The fourth-order valence-corrected chi connectivity index (χ4v) is 5.63. The third-order valence-electron chi connectivity index (χ3n) is 7.75. The molecule has 1 atom stereocenters. The van der Waals surface area contributed by atoms with Gasteiger partial charge in [-0.3, -0.25) is 9.69 Å². The number of aryl methyl sites for hydroxylation is 2. The lowest BCUT2D eigenvalue weighted by Gasteiger charge is -2.35. The van der Waals surface area contributed by atoms with Crippen LogP contribution in [0.3, 0.4) is 0 Å². The summed E-state index contributed by atoms with van der Waals surface area (Å²) in [5.74, 6) is -0.108. The van der Waals surface area contributed by atoms with E-state index in [1.807, 2.05) is 33.9 Å². The number of ketones is 1. The molecule has 5 rings (SSSR count). The van der Waals surface area contributed by atoms with Gasteiger partial charge >= 0.3 is 6.18 Å². The Hall–Kier alpha value is -2.96. The first kappa shape index (κ1) is 31.6. The van der Waals surface area contributed by atoms with Gasteiger partial charge in [-0.2, -0.15) is 13.2 Å². The molecule has 40 heavy (non-hydrogen) atoms. The molecule has 3 aromatic rings. The third kappa shape index (κ3) is 7.82. The molecule has 1 saturated heterocycles. The number of nitrogens with zero attached hydrogens (tertiary/aromatic N) is 1. The van der Waals surface area contributed by atoms with Crippen molar-refractivity contribution in [3.05, 3.63) is 94.0 Å². The van der Waals surface area contributed by atoms with E-state index in [4.69, 9.17) is 4.74 Å². The van der Waals surface area contributed by atoms with Crippen LogP contribution in [0.15, 0.2) is 60.7 Å². The molecule has 3 nitrogen and oxygen atoms in total. The highest BCUT2D eigenvalue weighted by atomic mass is 19.4. The van der Waals surface area contributed by atoms with Crippen LogP contribution < -0.4 is 0 Å². The van der Waals surface area contributed by atoms with Crippen molar-refractivity contribution in [2.75, 3.05) is 20.2 Å². The van der Waals surface area contributed by atoms with Crippen molar-refractivity contribution >= 4 is 5.78 Å². The lowest BCUT2D eigenvalue weighted by atomic mass is 9.93. The summed E-state index contributed by atoms with van der Waals surface area (Å²) in [5.41, 5.74) is 6.53. The standard InChI is InChI=1S/C16H13F3O.C16H23NO.C2H6/c1-10-4-3-5-14(11(2)20)15(10)12-6-8-13(9-7-12)16(17,18)19;1-12-3-4-13-10-15(11-14(13)9-12)17-7-5-16(18-2)6-8-17;1-2/h3-9H,1-2H3;3-4,9,15-16H,5-8,10-11H2,1-2H3;1-2H3. The largest absolute Gasteiger partial charge is 0.416 e. The molecule has 0 N–H and O–H groups in total. The van der Waals surface area contributed by atoms with Gasteiger partial charge in [0.1, 0.15) is 0 Å². The quantitative estimate of drug-likeness (QED) is 0.304. The van der Waals surface area contributed by atoms with Crippen LogP contribution in [-0.4, -0.2) is 43.0 Å². The number of likely N-dealkylation sites (tertiary alicyclic amines) is 1. The number of alkyl halides is 3. The Bertz CT molecular complexity index is 1260. The second kappa shape index (κ2) is 14.1. The minimum atomic E-state index is -4.35. The van der Waals surface area contributed by atoms with Crippen molar-refractivity contribution in [3.8, 4) is 11.1 Å². The van der Waals surface area contributed by atoms with Crippen molar-refractivity contribution in [2.45, 2.75) is 78.6 Å². The summed E-state index contributed by atoms with van der Waals surface area (Å²) < 4.78 is 43.1. The van der Waals surface area contributed by atoms with E-state index in [0.717, 1.165) is 23.7 Å². The zero-order valence-corrected chi connectivity index (χ0v) is 24.6. The highest BCUT2D eigenvalue weighted by molar-refractivity contribution is 6.01. The number of hydrogen-bond donors (Lipinski definition) is 0. The number of piperidine rings is 1. The smallest absolute Gasteiger partial charge is 0.381 e. The maximum atomic E-state index is 12.6. The molecular formula is C34H42F3NO2. The van der Waals surface area contributed by atoms with Crippen molar-refractivity contribution in [1.82, 2.24) is 4.90 Å². The average molecular weight is 554 g/mol. The Morgan fingerprint density at radius 2 is 1.52 bits per heavy atom. The number of carbonyl (C=O) groups excluding carboxylic acids is 1. The van der Waals surface area contributed by atoms with E-state index in [1.54, 1.807) is 23.3 Å². The normalized spacial score (nSPS) is 17.3. The van der Waals surface area contributed by atoms with E-state index in [9.17, 15) is 18.0 Å². The van der Waals surface area contributed by atoms with Gasteiger partial charge in [0.15, 0.2) is 5.78 Å². The van der Waals surface area contributed by atoms with Crippen LogP contribution in [0.25, 0.3) is 11.1 Å². The number of halogens is 3. The molecule has 0 radical (unpaired) electrons. The highest BCUT2D eigenvalue weighted by Crippen LogP contribution is 2.33. The van der Waals surface area contributed by atoms with E-state index in [2.05, 4.69) is 30.0 Å². The summed E-state index contributed by atoms with van der Waals surface area (Å²) in [6.45, 7) is 11.9. The third-order valence-corrected chi connectivity index (χ3v) is 7.75. The van der Waals surface area contributed by atoms with Gasteiger partial charge in [0.05, 0.1) is 11.7 Å². The molecule has 1 aliphatic heterocycles. The summed E-state index contributed by atoms with van der Waals surface area (Å²) in [6.07, 6.45) is 1.02. The summed E-state index contributed by atoms with van der Waals surface area (Å²) >= 11 is 0. The minimum Gasteiger partial charge on any atom is -0.381 e. The second-order valence-electron chi connectivity index (χ2n) is 10.4. The molecule has 0 saturated carbocycles. The van der Waals surface area contributed by atoms with E-state index in [0.29, 0.717) is 22.8 Å². The molecule has 0 bridgehead atoms.